The van der Waals surface area contributed by atoms with Crippen LogP contribution in [-0.2, 0) is 0 Å². The first-order valence-corrected chi connectivity index (χ1v) is 9.36. The Hall–Kier alpha value is -2.73. The number of hydrogen-bond donors (Lipinski definition) is 1. The Morgan fingerprint density at radius 1 is 1.11 bits per heavy atom. The van der Waals surface area contributed by atoms with Crippen LogP contribution in [-0.4, -0.2) is 31.0 Å². The predicted octanol–water partition coefficient (Wildman–Crippen LogP) is 3.72. The van der Waals surface area contributed by atoms with Gasteiger partial charge in [-0.2, -0.15) is 4.68 Å². The van der Waals surface area contributed by atoms with Crippen molar-refractivity contribution in [1.29, 1.82) is 0 Å². The quantitative estimate of drug-likeness (QED) is 0.722. The molecular weight excluding hydrogens is 340 g/mol. The monoisotopic (exact) mass is 364 g/mol. The summed E-state index contributed by atoms with van der Waals surface area (Å²) in [4.78, 5) is 8.98. The number of hydrogen-bond acceptors (Lipinski definition) is 5. The third-order valence-corrected chi connectivity index (χ3v) is 4.76. The highest BCUT2D eigenvalue weighted by Gasteiger charge is 2.27. The zero-order valence-electron chi connectivity index (χ0n) is 15.8. The van der Waals surface area contributed by atoms with Crippen molar-refractivity contribution in [1.82, 2.24) is 19.7 Å². The first kappa shape index (κ1) is 17.7. The van der Waals surface area contributed by atoms with Crippen LogP contribution in [0.4, 0.5) is 0 Å². The van der Waals surface area contributed by atoms with Crippen molar-refractivity contribution in [3.8, 4) is 11.8 Å². The van der Waals surface area contributed by atoms with Crippen LogP contribution >= 0.6 is 0 Å². The van der Waals surface area contributed by atoms with E-state index in [0.29, 0.717) is 23.3 Å². The number of aliphatic hydroxyl groups excluding tert-OH is 1. The number of ether oxygens (including phenoxy) is 1. The number of nitrogens with zero attached hydrogens (tertiary/aromatic N) is 4. The van der Waals surface area contributed by atoms with E-state index in [9.17, 15) is 5.11 Å². The van der Waals surface area contributed by atoms with Crippen molar-refractivity contribution in [3.05, 3.63) is 65.1 Å². The molecule has 1 N–H and O–H groups in total. The molecule has 6 nitrogen and oxygen atoms in total. The van der Waals surface area contributed by atoms with Crippen LogP contribution in [0.2, 0.25) is 0 Å². The smallest absolute Gasteiger partial charge is 0.250 e. The summed E-state index contributed by atoms with van der Waals surface area (Å²) < 4.78 is 7.54. The Morgan fingerprint density at radius 3 is 2.37 bits per heavy atom. The summed E-state index contributed by atoms with van der Waals surface area (Å²) >= 11 is 0. The van der Waals surface area contributed by atoms with E-state index in [0.717, 1.165) is 11.3 Å². The van der Waals surface area contributed by atoms with Gasteiger partial charge in [0.15, 0.2) is 0 Å². The number of aromatic nitrogens is 4. The van der Waals surface area contributed by atoms with Gasteiger partial charge in [-0.25, -0.2) is 9.97 Å². The average molecular weight is 364 g/mol. The van der Waals surface area contributed by atoms with Crippen LogP contribution in [0.1, 0.15) is 61.1 Å². The van der Waals surface area contributed by atoms with E-state index in [1.165, 1.54) is 18.4 Å². The fourth-order valence-corrected chi connectivity index (χ4v) is 3.18. The van der Waals surface area contributed by atoms with Gasteiger partial charge >= 0.3 is 0 Å². The molecule has 1 aliphatic carbocycles. The number of rotatable bonds is 6. The lowest BCUT2D eigenvalue weighted by Gasteiger charge is -2.14. The molecule has 0 saturated heterocycles. The fraction of sp³-hybridized carbons (Fsp3) is 0.381. The molecule has 27 heavy (non-hydrogen) atoms. The Bertz CT molecular complexity index is 915. The largest absolute Gasteiger partial charge is 0.474 e. The topological polar surface area (TPSA) is 73.1 Å². The molecule has 0 radical (unpaired) electrons. The van der Waals surface area contributed by atoms with E-state index in [2.05, 4.69) is 15.1 Å². The molecule has 1 aromatic carbocycles. The van der Waals surface area contributed by atoms with Gasteiger partial charge in [0.1, 0.15) is 6.10 Å². The summed E-state index contributed by atoms with van der Waals surface area (Å²) in [7, 11) is 0. The van der Waals surface area contributed by atoms with E-state index < -0.39 is 6.10 Å². The van der Waals surface area contributed by atoms with Crippen LogP contribution in [0.25, 0.3) is 5.95 Å². The van der Waals surface area contributed by atoms with Crippen molar-refractivity contribution >= 4 is 0 Å². The van der Waals surface area contributed by atoms with Gasteiger partial charge in [-0.15, -0.1) is 5.10 Å². The average Bonchev–Trinajstić information content (AvgIpc) is 3.47. The molecule has 1 saturated carbocycles. The molecule has 0 spiro atoms. The van der Waals surface area contributed by atoms with Gasteiger partial charge < -0.3 is 9.84 Å². The van der Waals surface area contributed by atoms with Gasteiger partial charge in [0.2, 0.25) is 5.88 Å². The maximum Gasteiger partial charge on any atom is 0.250 e. The standard InChI is InChI=1S/C21H24N4O2/c1-13(2)27-20-18(19(26)16-7-5-4-6-8-16)14(3)25(24-20)21-22-11-17(12-23-21)15-9-10-15/h4-8,11-13,15,19,26H,9-10H2,1-3H3. The number of aliphatic hydroxyl groups is 1. The predicted molar refractivity (Wildman–Crippen MR) is 102 cm³/mol. The molecule has 140 valence electrons. The zero-order valence-corrected chi connectivity index (χ0v) is 15.8. The van der Waals surface area contributed by atoms with Crippen molar-refractivity contribution in [2.75, 3.05) is 0 Å². The van der Waals surface area contributed by atoms with E-state index in [1.54, 1.807) is 4.68 Å². The lowest BCUT2D eigenvalue weighted by atomic mass is 10.0. The molecule has 0 bridgehead atoms. The van der Waals surface area contributed by atoms with Gasteiger partial charge in [0.05, 0.1) is 17.4 Å². The maximum absolute atomic E-state index is 11.0. The first-order chi connectivity index (χ1) is 13.0. The second kappa shape index (κ2) is 7.12. The molecule has 3 aromatic rings. The summed E-state index contributed by atoms with van der Waals surface area (Å²) in [5.41, 5.74) is 3.37. The lowest BCUT2D eigenvalue weighted by Crippen LogP contribution is -2.09. The van der Waals surface area contributed by atoms with E-state index >= 15 is 0 Å². The molecule has 1 atom stereocenters. The van der Waals surface area contributed by atoms with Crippen LogP contribution < -0.4 is 4.74 Å². The minimum Gasteiger partial charge on any atom is -0.474 e. The van der Waals surface area contributed by atoms with Crippen LogP contribution in [0.3, 0.4) is 0 Å². The second-order valence-corrected chi connectivity index (χ2v) is 7.29. The van der Waals surface area contributed by atoms with Crippen LogP contribution in [0.15, 0.2) is 42.7 Å². The third kappa shape index (κ3) is 3.57. The summed E-state index contributed by atoms with van der Waals surface area (Å²) in [6.45, 7) is 5.78. The molecule has 6 heteroatoms. The molecule has 1 unspecified atom stereocenters. The molecule has 1 fully saturated rings. The summed E-state index contributed by atoms with van der Waals surface area (Å²) in [5, 5.41) is 15.5. The maximum atomic E-state index is 11.0. The summed E-state index contributed by atoms with van der Waals surface area (Å²) in [6, 6.07) is 9.51. The normalized spacial score (nSPS) is 15.1. The third-order valence-electron chi connectivity index (χ3n) is 4.76. The Kier molecular flexibility index (Phi) is 4.66. The lowest BCUT2D eigenvalue weighted by molar-refractivity contribution is 0.194. The summed E-state index contributed by atoms with van der Waals surface area (Å²) in [5.74, 6) is 1.50. The van der Waals surface area contributed by atoms with Crippen molar-refractivity contribution in [2.24, 2.45) is 0 Å². The molecule has 1 aliphatic rings. The fourth-order valence-electron chi connectivity index (χ4n) is 3.18. The Labute approximate surface area is 158 Å². The molecule has 2 aromatic heterocycles. The van der Waals surface area contributed by atoms with Gasteiger partial charge in [-0.1, -0.05) is 30.3 Å². The molecular formula is C21H24N4O2. The molecule has 0 amide bonds. The van der Waals surface area contributed by atoms with Crippen molar-refractivity contribution in [2.45, 2.75) is 51.7 Å². The highest BCUT2D eigenvalue weighted by molar-refractivity contribution is 5.41. The highest BCUT2D eigenvalue weighted by atomic mass is 16.5. The highest BCUT2D eigenvalue weighted by Crippen LogP contribution is 2.39. The van der Waals surface area contributed by atoms with Gasteiger partial charge in [-0.05, 0) is 50.7 Å². The SMILES string of the molecule is Cc1c(C(O)c2ccccc2)c(OC(C)C)nn1-c1ncc(C2CC2)cn1. The first-order valence-electron chi connectivity index (χ1n) is 9.36. The van der Waals surface area contributed by atoms with Gasteiger partial charge in [0.25, 0.3) is 5.95 Å². The number of benzene rings is 1. The van der Waals surface area contributed by atoms with Crippen molar-refractivity contribution < 1.29 is 9.84 Å². The van der Waals surface area contributed by atoms with Crippen molar-refractivity contribution in [3.63, 3.8) is 0 Å². The minimum atomic E-state index is -0.834. The molecule has 0 aliphatic heterocycles. The molecule has 4 rings (SSSR count). The Balaban J connectivity index is 1.75. The van der Waals surface area contributed by atoms with E-state index in [-0.39, 0.29) is 6.10 Å². The minimum absolute atomic E-state index is 0.0624. The second-order valence-electron chi connectivity index (χ2n) is 7.29. The van der Waals surface area contributed by atoms with E-state index in [1.807, 2.05) is 63.5 Å². The van der Waals surface area contributed by atoms with Crippen LogP contribution in [0.5, 0.6) is 5.88 Å². The molecule has 2 heterocycles. The van der Waals surface area contributed by atoms with Gasteiger partial charge in [0, 0.05) is 12.4 Å². The van der Waals surface area contributed by atoms with E-state index in [4.69, 9.17) is 4.74 Å². The van der Waals surface area contributed by atoms with Crippen LogP contribution in [0, 0.1) is 6.92 Å². The Morgan fingerprint density at radius 2 is 1.78 bits per heavy atom. The van der Waals surface area contributed by atoms with Gasteiger partial charge in [-0.3, -0.25) is 0 Å². The zero-order chi connectivity index (χ0) is 19.0. The summed E-state index contributed by atoms with van der Waals surface area (Å²) in [6.07, 6.45) is 5.27.